The van der Waals surface area contributed by atoms with Crippen LogP contribution in [0.4, 0.5) is 0 Å². The number of amides is 1. The van der Waals surface area contributed by atoms with Gasteiger partial charge < -0.3 is 9.73 Å². The Morgan fingerprint density at radius 3 is 2.61 bits per heavy atom. The molecule has 4 rings (SSSR count). The Kier molecular flexibility index (Phi) is 5.84. The van der Waals surface area contributed by atoms with E-state index >= 15 is 0 Å². The first-order chi connectivity index (χ1) is 14.9. The maximum Gasteiger partial charge on any atom is 0.226 e. The monoisotopic (exact) mass is 417 g/mol. The molecule has 4 aromatic rings. The number of benzene rings is 1. The van der Waals surface area contributed by atoms with Crippen molar-refractivity contribution in [3.05, 3.63) is 70.5 Å². The van der Waals surface area contributed by atoms with Crippen molar-refractivity contribution in [2.75, 3.05) is 6.54 Å². The summed E-state index contributed by atoms with van der Waals surface area (Å²) in [4.78, 5) is 21.5. The van der Waals surface area contributed by atoms with E-state index in [1.54, 1.807) is 6.26 Å². The van der Waals surface area contributed by atoms with Crippen LogP contribution in [0, 0.1) is 27.7 Å². The normalized spacial score (nSPS) is 11.2. The number of carbonyl (C=O) groups excluding carboxylic acids is 1. The van der Waals surface area contributed by atoms with Crippen LogP contribution in [0.25, 0.3) is 17.1 Å². The number of rotatable bonds is 7. The second-order valence-electron chi connectivity index (χ2n) is 7.93. The third kappa shape index (κ3) is 4.66. The van der Waals surface area contributed by atoms with Crippen LogP contribution < -0.4 is 5.32 Å². The fourth-order valence-electron chi connectivity index (χ4n) is 3.71. The Balaban J connectivity index is 1.29. The summed E-state index contributed by atoms with van der Waals surface area (Å²) < 4.78 is 7.43. The number of hydrogen-bond acceptors (Lipinski definition) is 5. The van der Waals surface area contributed by atoms with E-state index in [0.717, 1.165) is 39.5 Å². The predicted octanol–water partition coefficient (Wildman–Crippen LogP) is 3.91. The first-order valence-corrected chi connectivity index (χ1v) is 10.5. The maximum absolute atomic E-state index is 12.4. The van der Waals surface area contributed by atoms with Crippen molar-refractivity contribution >= 4 is 11.6 Å². The minimum absolute atomic E-state index is 0.0118. The van der Waals surface area contributed by atoms with E-state index in [4.69, 9.17) is 4.42 Å². The van der Waals surface area contributed by atoms with Gasteiger partial charge in [-0.3, -0.25) is 4.79 Å². The molecule has 0 aliphatic carbocycles. The van der Waals surface area contributed by atoms with E-state index in [0.29, 0.717) is 31.7 Å². The van der Waals surface area contributed by atoms with Gasteiger partial charge in [-0.15, -0.1) is 0 Å². The summed E-state index contributed by atoms with van der Waals surface area (Å²) in [5.74, 6) is 0.613. The number of nitrogens with one attached hydrogen (secondary N) is 1. The minimum Gasteiger partial charge on any atom is -0.444 e. The molecule has 0 fully saturated rings. The lowest BCUT2D eigenvalue weighted by Gasteiger charge is -2.11. The standard InChI is InChI=1S/C24H27N5O2/c1-15-5-7-19(8-6-15)24-27-20(14-31-24)11-12-25-23(30)10-9-21-17(3)26-22-13-16(2)28-29(22)18(21)4/h5-8,13-14H,9-12H2,1-4H3,(H,25,30). The summed E-state index contributed by atoms with van der Waals surface area (Å²) in [5, 5.41) is 7.47. The first kappa shape index (κ1) is 20.8. The Morgan fingerprint density at radius 2 is 1.84 bits per heavy atom. The number of oxazole rings is 1. The molecule has 0 aliphatic heterocycles. The van der Waals surface area contributed by atoms with Gasteiger partial charge in [0.05, 0.1) is 11.4 Å². The minimum atomic E-state index is 0.0118. The third-order valence-corrected chi connectivity index (χ3v) is 5.44. The molecule has 0 atom stereocenters. The molecule has 7 nitrogen and oxygen atoms in total. The quantitative estimate of drug-likeness (QED) is 0.493. The van der Waals surface area contributed by atoms with Crippen molar-refractivity contribution in [2.24, 2.45) is 0 Å². The topological polar surface area (TPSA) is 85.3 Å². The highest BCUT2D eigenvalue weighted by Gasteiger charge is 2.13. The Hall–Kier alpha value is -3.48. The van der Waals surface area contributed by atoms with Crippen LogP contribution in [0.2, 0.25) is 0 Å². The van der Waals surface area contributed by atoms with Crippen LogP contribution in [0.15, 0.2) is 41.0 Å². The molecule has 0 spiro atoms. The molecule has 0 bridgehead atoms. The Labute approximate surface area is 181 Å². The van der Waals surface area contributed by atoms with Crippen molar-refractivity contribution < 1.29 is 9.21 Å². The van der Waals surface area contributed by atoms with Gasteiger partial charge in [0.15, 0.2) is 5.65 Å². The van der Waals surface area contributed by atoms with Crippen LogP contribution in [-0.2, 0) is 17.6 Å². The molecule has 160 valence electrons. The van der Waals surface area contributed by atoms with Crippen molar-refractivity contribution in [1.82, 2.24) is 24.9 Å². The number of aryl methyl sites for hydroxylation is 4. The van der Waals surface area contributed by atoms with Gasteiger partial charge in [-0.2, -0.15) is 5.10 Å². The molecule has 1 aromatic carbocycles. The molecule has 0 saturated heterocycles. The molecular weight excluding hydrogens is 390 g/mol. The molecule has 1 N–H and O–H groups in total. The van der Waals surface area contributed by atoms with Crippen LogP contribution in [0.3, 0.4) is 0 Å². The molecule has 0 unspecified atom stereocenters. The number of aromatic nitrogens is 4. The number of nitrogens with zero attached hydrogens (tertiary/aromatic N) is 4. The summed E-state index contributed by atoms with van der Waals surface area (Å²) in [7, 11) is 0. The van der Waals surface area contributed by atoms with Gasteiger partial charge in [0.25, 0.3) is 0 Å². The van der Waals surface area contributed by atoms with E-state index in [9.17, 15) is 4.79 Å². The van der Waals surface area contributed by atoms with E-state index in [-0.39, 0.29) is 5.91 Å². The van der Waals surface area contributed by atoms with E-state index in [1.165, 1.54) is 5.56 Å². The predicted molar refractivity (Wildman–Crippen MR) is 119 cm³/mol. The SMILES string of the molecule is Cc1ccc(-c2nc(CCNC(=O)CCc3c(C)nc4cc(C)nn4c3C)co2)cc1. The highest BCUT2D eigenvalue weighted by Crippen LogP contribution is 2.19. The van der Waals surface area contributed by atoms with E-state index < -0.39 is 0 Å². The van der Waals surface area contributed by atoms with Crippen LogP contribution in [0.5, 0.6) is 0 Å². The number of carbonyl (C=O) groups is 1. The summed E-state index contributed by atoms with van der Waals surface area (Å²) in [5.41, 5.74) is 7.81. The fourth-order valence-corrected chi connectivity index (χ4v) is 3.71. The average Bonchev–Trinajstić information content (AvgIpc) is 3.35. The van der Waals surface area contributed by atoms with Gasteiger partial charge in [-0.05, 0) is 51.8 Å². The average molecular weight is 418 g/mol. The zero-order valence-electron chi connectivity index (χ0n) is 18.4. The van der Waals surface area contributed by atoms with Gasteiger partial charge >= 0.3 is 0 Å². The Morgan fingerprint density at radius 1 is 1.06 bits per heavy atom. The first-order valence-electron chi connectivity index (χ1n) is 10.5. The number of fused-ring (bicyclic) bond motifs is 1. The highest BCUT2D eigenvalue weighted by molar-refractivity contribution is 5.76. The summed E-state index contributed by atoms with van der Waals surface area (Å²) in [6, 6.07) is 10.0. The smallest absolute Gasteiger partial charge is 0.226 e. The second kappa shape index (κ2) is 8.71. The second-order valence-corrected chi connectivity index (χ2v) is 7.93. The van der Waals surface area contributed by atoms with Crippen LogP contribution in [-0.4, -0.2) is 32.0 Å². The summed E-state index contributed by atoms with van der Waals surface area (Å²) in [6.07, 6.45) is 3.32. The van der Waals surface area contributed by atoms with Crippen molar-refractivity contribution in [2.45, 2.75) is 47.0 Å². The van der Waals surface area contributed by atoms with Crippen molar-refractivity contribution in [3.63, 3.8) is 0 Å². The van der Waals surface area contributed by atoms with Gasteiger partial charge in [0.1, 0.15) is 6.26 Å². The molecule has 0 aliphatic rings. The molecule has 1 amide bonds. The fraction of sp³-hybridized carbons (Fsp3) is 0.333. The van der Waals surface area contributed by atoms with Crippen LogP contribution in [0.1, 0.15) is 40.3 Å². The zero-order valence-corrected chi connectivity index (χ0v) is 18.4. The van der Waals surface area contributed by atoms with E-state index in [1.807, 2.05) is 62.5 Å². The molecule has 0 saturated carbocycles. The molecule has 3 heterocycles. The lowest BCUT2D eigenvalue weighted by Crippen LogP contribution is -2.26. The molecular formula is C24H27N5O2. The number of hydrogen-bond donors (Lipinski definition) is 1. The molecule has 7 heteroatoms. The third-order valence-electron chi connectivity index (χ3n) is 5.44. The van der Waals surface area contributed by atoms with Gasteiger partial charge in [-0.1, -0.05) is 17.7 Å². The molecule has 3 aromatic heterocycles. The summed E-state index contributed by atoms with van der Waals surface area (Å²) >= 11 is 0. The van der Waals surface area contributed by atoms with Crippen molar-refractivity contribution in [3.8, 4) is 11.5 Å². The van der Waals surface area contributed by atoms with E-state index in [2.05, 4.69) is 20.4 Å². The summed E-state index contributed by atoms with van der Waals surface area (Å²) in [6.45, 7) is 8.53. The largest absolute Gasteiger partial charge is 0.444 e. The zero-order chi connectivity index (χ0) is 22.0. The Bertz CT molecular complexity index is 1220. The van der Waals surface area contributed by atoms with Gasteiger partial charge in [0, 0.05) is 42.4 Å². The lowest BCUT2D eigenvalue weighted by molar-refractivity contribution is -0.121. The molecule has 31 heavy (non-hydrogen) atoms. The van der Waals surface area contributed by atoms with Crippen LogP contribution >= 0.6 is 0 Å². The van der Waals surface area contributed by atoms with Gasteiger partial charge in [-0.25, -0.2) is 14.5 Å². The van der Waals surface area contributed by atoms with Gasteiger partial charge in [0.2, 0.25) is 11.8 Å². The maximum atomic E-state index is 12.4. The molecule has 0 radical (unpaired) electrons. The highest BCUT2D eigenvalue weighted by atomic mass is 16.3. The van der Waals surface area contributed by atoms with Crippen molar-refractivity contribution in [1.29, 1.82) is 0 Å². The lowest BCUT2D eigenvalue weighted by atomic mass is 10.1.